The molecule has 0 N–H and O–H groups in total. The zero-order chi connectivity index (χ0) is 22.9. The molecule has 0 aliphatic carbocycles. The van der Waals surface area contributed by atoms with Gasteiger partial charge in [-0.3, -0.25) is 14.7 Å². The largest absolute Gasteiger partial charge is 0.493 e. The van der Waals surface area contributed by atoms with Crippen LogP contribution in [0.2, 0.25) is 0 Å². The number of methoxy groups -OCH3 is 2. The quantitative estimate of drug-likeness (QED) is 0.559. The molecule has 0 saturated carbocycles. The summed E-state index contributed by atoms with van der Waals surface area (Å²) < 4.78 is 16.8. The van der Waals surface area contributed by atoms with Crippen LogP contribution < -0.4 is 14.2 Å². The molecule has 7 heteroatoms. The normalized spacial score (nSPS) is 16.4. The Morgan fingerprint density at radius 1 is 1.19 bits per heavy atom. The van der Waals surface area contributed by atoms with Crippen molar-refractivity contribution in [2.75, 3.05) is 40.4 Å². The first-order valence-electron chi connectivity index (χ1n) is 11.4. The third kappa shape index (κ3) is 5.91. The van der Waals surface area contributed by atoms with E-state index in [1.807, 2.05) is 30.9 Å². The summed E-state index contributed by atoms with van der Waals surface area (Å²) in [5, 5.41) is 0. The molecule has 0 bridgehead atoms. The Kier molecular flexibility index (Phi) is 8.73. The van der Waals surface area contributed by atoms with Crippen molar-refractivity contribution in [3.63, 3.8) is 0 Å². The van der Waals surface area contributed by atoms with Crippen LogP contribution in [-0.2, 0) is 17.9 Å². The molecule has 1 unspecified atom stereocenters. The zero-order valence-electron chi connectivity index (χ0n) is 19.7. The van der Waals surface area contributed by atoms with Crippen LogP contribution in [-0.4, -0.2) is 61.1 Å². The number of likely N-dealkylation sites (tertiary alicyclic amines) is 1. The topological polar surface area (TPSA) is 64.1 Å². The van der Waals surface area contributed by atoms with E-state index in [0.29, 0.717) is 17.2 Å². The minimum Gasteiger partial charge on any atom is -0.493 e. The number of nitrogens with zero attached hydrogens (tertiary/aromatic N) is 3. The van der Waals surface area contributed by atoms with E-state index < -0.39 is 0 Å². The number of rotatable bonds is 10. The van der Waals surface area contributed by atoms with Gasteiger partial charge in [-0.1, -0.05) is 12.1 Å². The second kappa shape index (κ2) is 11.7. The molecule has 3 rings (SSSR count). The summed E-state index contributed by atoms with van der Waals surface area (Å²) in [5.74, 6) is 2.38. The Bertz CT molecular complexity index is 885. The predicted molar refractivity (Wildman–Crippen MR) is 124 cm³/mol. The molecule has 1 aromatic heterocycles. The van der Waals surface area contributed by atoms with E-state index in [0.717, 1.165) is 51.3 Å². The maximum absolute atomic E-state index is 12.8. The van der Waals surface area contributed by atoms with Crippen LogP contribution in [0.3, 0.4) is 0 Å². The van der Waals surface area contributed by atoms with Gasteiger partial charge in [0.1, 0.15) is 18.1 Å². The smallest absolute Gasteiger partial charge is 0.226 e. The number of ether oxygens (including phenoxy) is 3. The van der Waals surface area contributed by atoms with Crippen LogP contribution in [0.5, 0.6) is 17.2 Å². The second-order valence-corrected chi connectivity index (χ2v) is 8.01. The van der Waals surface area contributed by atoms with Gasteiger partial charge >= 0.3 is 0 Å². The molecule has 32 heavy (non-hydrogen) atoms. The van der Waals surface area contributed by atoms with Crippen LogP contribution in [0.1, 0.15) is 37.9 Å². The standard InChI is InChI=1S/C25H35N3O4/c1-5-28(6-2)25(29)20-10-8-14-27(17-20)16-19-9-7-11-21(15-19)32-18-22-24(31-4)23(30-3)12-13-26-22/h7,9,11-13,15,20H,5-6,8,10,14,16-18H2,1-4H3. The molecule has 1 aliphatic rings. The van der Waals surface area contributed by atoms with Gasteiger partial charge in [0.2, 0.25) is 5.91 Å². The highest BCUT2D eigenvalue weighted by Crippen LogP contribution is 2.30. The van der Waals surface area contributed by atoms with Crippen molar-refractivity contribution in [2.45, 2.75) is 39.8 Å². The summed E-state index contributed by atoms with van der Waals surface area (Å²) in [6.07, 6.45) is 3.71. The molecule has 2 heterocycles. The van der Waals surface area contributed by atoms with Crippen molar-refractivity contribution >= 4 is 5.91 Å². The van der Waals surface area contributed by atoms with Crippen LogP contribution in [0.15, 0.2) is 36.5 Å². The van der Waals surface area contributed by atoms with Gasteiger partial charge in [0.05, 0.1) is 20.1 Å². The van der Waals surface area contributed by atoms with E-state index in [2.05, 4.69) is 22.0 Å². The third-order valence-corrected chi connectivity index (χ3v) is 5.98. The average molecular weight is 442 g/mol. The maximum Gasteiger partial charge on any atom is 0.226 e. The molecule has 174 valence electrons. The number of piperidine rings is 1. The van der Waals surface area contributed by atoms with Crippen molar-refractivity contribution in [3.05, 3.63) is 47.8 Å². The zero-order valence-corrected chi connectivity index (χ0v) is 19.7. The van der Waals surface area contributed by atoms with Gasteiger partial charge in [0, 0.05) is 38.4 Å². The van der Waals surface area contributed by atoms with Gasteiger partial charge in [-0.05, 0) is 50.9 Å². The monoisotopic (exact) mass is 441 g/mol. The lowest BCUT2D eigenvalue weighted by atomic mass is 9.96. The molecule has 2 aromatic rings. The Hall–Kier alpha value is -2.80. The molecule has 1 amide bonds. The maximum atomic E-state index is 12.8. The minimum absolute atomic E-state index is 0.0923. The van der Waals surface area contributed by atoms with Gasteiger partial charge < -0.3 is 19.1 Å². The van der Waals surface area contributed by atoms with E-state index in [1.54, 1.807) is 26.5 Å². The van der Waals surface area contributed by atoms with Crippen molar-refractivity contribution in [1.29, 1.82) is 0 Å². The van der Waals surface area contributed by atoms with Crippen LogP contribution in [0.4, 0.5) is 0 Å². The van der Waals surface area contributed by atoms with Crippen LogP contribution >= 0.6 is 0 Å². The van der Waals surface area contributed by atoms with E-state index >= 15 is 0 Å². The number of hydrogen-bond acceptors (Lipinski definition) is 6. The molecule has 1 fully saturated rings. The van der Waals surface area contributed by atoms with Crippen molar-refractivity contribution in [2.24, 2.45) is 5.92 Å². The number of carbonyl (C=O) groups is 1. The summed E-state index contributed by atoms with van der Waals surface area (Å²) in [4.78, 5) is 21.5. The van der Waals surface area contributed by atoms with Crippen LogP contribution in [0.25, 0.3) is 0 Å². The van der Waals surface area contributed by atoms with Gasteiger partial charge in [0.15, 0.2) is 11.5 Å². The van der Waals surface area contributed by atoms with Crippen LogP contribution in [0, 0.1) is 5.92 Å². The molecule has 1 aliphatic heterocycles. The van der Waals surface area contributed by atoms with E-state index in [4.69, 9.17) is 14.2 Å². The number of amides is 1. The fourth-order valence-corrected chi connectivity index (χ4v) is 4.29. The van der Waals surface area contributed by atoms with Crippen molar-refractivity contribution in [3.8, 4) is 17.2 Å². The molecular formula is C25H35N3O4. The summed E-state index contributed by atoms with van der Waals surface area (Å²) in [6, 6.07) is 9.87. The number of hydrogen-bond donors (Lipinski definition) is 0. The van der Waals surface area contributed by atoms with E-state index in [9.17, 15) is 4.79 Å². The SMILES string of the molecule is CCN(CC)C(=O)C1CCCN(Cc2cccc(OCc3nccc(OC)c3OC)c2)C1. The highest BCUT2D eigenvalue weighted by molar-refractivity contribution is 5.79. The van der Waals surface area contributed by atoms with Crippen molar-refractivity contribution < 1.29 is 19.0 Å². The molecule has 1 saturated heterocycles. The molecule has 0 radical (unpaired) electrons. The molecule has 0 spiro atoms. The number of aromatic nitrogens is 1. The van der Waals surface area contributed by atoms with Gasteiger partial charge in [-0.25, -0.2) is 0 Å². The third-order valence-electron chi connectivity index (χ3n) is 5.98. The predicted octanol–water partition coefficient (Wildman–Crippen LogP) is 3.76. The fourth-order valence-electron chi connectivity index (χ4n) is 4.29. The highest BCUT2D eigenvalue weighted by Gasteiger charge is 2.28. The molecule has 1 aromatic carbocycles. The Morgan fingerprint density at radius 3 is 2.72 bits per heavy atom. The molecule has 1 atom stereocenters. The molecular weight excluding hydrogens is 406 g/mol. The first-order valence-corrected chi connectivity index (χ1v) is 11.4. The number of pyridine rings is 1. The lowest BCUT2D eigenvalue weighted by Crippen LogP contribution is -2.44. The Labute approximate surface area is 191 Å². The van der Waals surface area contributed by atoms with E-state index in [-0.39, 0.29) is 18.4 Å². The summed E-state index contributed by atoms with van der Waals surface area (Å²) in [5.41, 5.74) is 1.86. The van der Waals surface area contributed by atoms with E-state index in [1.165, 1.54) is 5.56 Å². The lowest BCUT2D eigenvalue weighted by molar-refractivity contribution is -0.137. The van der Waals surface area contributed by atoms with Gasteiger partial charge in [0.25, 0.3) is 0 Å². The van der Waals surface area contributed by atoms with Gasteiger partial charge in [-0.15, -0.1) is 0 Å². The fraction of sp³-hybridized carbons (Fsp3) is 0.520. The summed E-state index contributed by atoms with van der Waals surface area (Å²) in [7, 11) is 3.20. The second-order valence-electron chi connectivity index (χ2n) is 8.01. The first kappa shape index (κ1) is 23.9. The highest BCUT2D eigenvalue weighted by atomic mass is 16.5. The number of benzene rings is 1. The first-order chi connectivity index (χ1) is 15.6. The minimum atomic E-state index is 0.0923. The van der Waals surface area contributed by atoms with Crippen molar-refractivity contribution in [1.82, 2.24) is 14.8 Å². The molecule has 7 nitrogen and oxygen atoms in total. The average Bonchev–Trinajstić information content (AvgIpc) is 2.83. The summed E-state index contributed by atoms with van der Waals surface area (Å²) in [6.45, 7) is 8.56. The Balaban J connectivity index is 1.61. The summed E-state index contributed by atoms with van der Waals surface area (Å²) >= 11 is 0. The Morgan fingerprint density at radius 2 is 2.00 bits per heavy atom. The van der Waals surface area contributed by atoms with Gasteiger partial charge in [-0.2, -0.15) is 0 Å². The lowest BCUT2D eigenvalue weighted by Gasteiger charge is -2.34. The number of carbonyl (C=O) groups excluding carboxylic acids is 1.